The van der Waals surface area contributed by atoms with Crippen LogP contribution in [0.3, 0.4) is 0 Å². The number of nitrogens with zero attached hydrogens (tertiary/aromatic N) is 4. The smallest absolute Gasteiger partial charge is 0.333 e. The summed E-state index contributed by atoms with van der Waals surface area (Å²) in [5.41, 5.74) is 3.40. The Labute approximate surface area is 124 Å². The van der Waals surface area contributed by atoms with Crippen molar-refractivity contribution >= 4 is 17.5 Å². The van der Waals surface area contributed by atoms with E-state index in [1.54, 1.807) is 6.92 Å². The van der Waals surface area contributed by atoms with E-state index in [1.165, 1.54) is 6.42 Å². The van der Waals surface area contributed by atoms with Gasteiger partial charge in [0.05, 0.1) is 4.92 Å². The summed E-state index contributed by atoms with van der Waals surface area (Å²) in [7, 11) is 0. The lowest BCUT2D eigenvalue weighted by molar-refractivity contribution is -0.385. The Kier molecular flexibility index (Phi) is 5.26. The van der Waals surface area contributed by atoms with Gasteiger partial charge in [-0.15, -0.1) is 0 Å². The molecular formula is C13H22N6O2. The van der Waals surface area contributed by atoms with Crippen molar-refractivity contribution in [2.45, 2.75) is 39.5 Å². The van der Waals surface area contributed by atoms with Crippen LogP contribution in [0.2, 0.25) is 0 Å². The highest BCUT2D eigenvalue weighted by Crippen LogP contribution is 2.27. The number of hydrogen-bond acceptors (Lipinski definition) is 7. The van der Waals surface area contributed by atoms with Gasteiger partial charge in [0, 0.05) is 19.6 Å². The highest BCUT2D eigenvalue weighted by Gasteiger charge is 2.24. The lowest BCUT2D eigenvalue weighted by atomic mass is 10.2. The lowest BCUT2D eigenvalue weighted by Crippen LogP contribution is -2.35. The molecule has 8 nitrogen and oxygen atoms in total. The van der Waals surface area contributed by atoms with Crippen molar-refractivity contribution in [1.82, 2.24) is 15.0 Å². The molecule has 0 spiro atoms. The van der Waals surface area contributed by atoms with Gasteiger partial charge in [-0.25, -0.2) is 9.99 Å². The molecule has 2 N–H and O–H groups in total. The van der Waals surface area contributed by atoms with Gasteiger partial charge in [0.25, 0.3) is 0 Å². The van der Waals surface area contributed by atoms with Crippen LogP contribution in [0.4, 0.5) is 17.5 Å². The predicted molar refractivity (Wildman–Crippen MR) is 81.3 cm³/mol. The van der Waals surface area contributed by atoms with E-state index in [0.29, 0.717) is 11.6 Å². The van der Waals surface area contributed by atoms with Crippen molar-refractivity contribution in [3.63, 3.8) is 0 Å². The molecule has 1 fully saturated rings. The van der Waals surface area contributed by atoms with Crippen LogP contribution in [-0.4, -0.2) is 39.5 Å². The topological polar surface area (TPSA) is 96.2 Å². The van der Waals surface area contributed by atoms with Crippen molar-refractivity contribution in [3.05, 3.63) is 15.8 Å². The molecule has 2 rings (SSSR count). The van der Waals surface area contributed by atoms with Gasteiger partial charge < -0.3 is 5.32 Å². The van der Waals surface area contributed by atoms with E-state index in [2.05, 4.69) is 20.7 Å². The number of piperidine rings is 1. The van der Waals surface area contributed by atoms with E-state index in [-0.39, 0.29) is 11.5 Å². The van der Waals surface area contributed by atoms with Gasteiger partial charge in [-0.3, -0.25) is 15.5 Å². The molecule has 0 saturated carbocycles. The minimum absolute atomic E-state index is 0.0531. The maximum atomic E-state index is 11.3. The second-order valence-electron chi connectivity index (χ2n) is 5.17. The fourth-order valence-corrected chi connectivity index (χ4v) is 2.33. The monoisotopic (exact) mass is 294 g/mol. The first-order valence-electron chi connectivity index (χ1n) is 7.40. The molecule has 0 aliphatic carbocycles. The Morgan fingerprint density at radius 3 is 2.62 bits per heavy atom. The molecule has 1 saturated heterocycles. The van der Waals surface area contributed by atoms with Crippen molar-refractivity contribution in [3.8, 4) is 0 Å². The highest BCUT2D eigenvalue weighted by molar-refractivity contribution is 5.60. The van der Waals surface area contributed by atoms with Crippen LogP contribution in [0.5, 0.6) is 0 Å². The standard InChI is InChI=1S/C13H22N6O2/c1-3-7-14-13-15-10(2)11(19(20)21)12(16-13)17-18-8-5-4-6-9-18/h3-9H2,1-2H3,(H2,14,15,16,17). The number of hydrazine groups is 1. The average Bonchev–Trinajstić information content (AvgIpc) is 2.45. The molecular weight excluding hydrogens is 272 g/mol. The molecule has 1 aliphatic rings. The SMILES string of the molecule is CCCNc1nc(C)c([N+](=O)[O-])c(NN2CCCCC2)n1. The maximum Gasteiger partial charge on any atom is 0.333 e. The van der Waals surface area contributed by atoms with Gasteiger partial charge >= 0.3 is 5.69 Å². The van der Waals surface area contributed by atoms with E-state index in [0.717, 1.165) is 38.9 Å². The Morgan fingerprint density at radius 2 is 2.00 bits per heavy atom. The molecule has 0 amide bonds. The minimum Gasteiger partial charge on any atom is -0.354 e. The van der Waals surface area contributed by atoms with Crippen LogP contribution in [0.25, 0.3) is 0 Å². The first-order chi connectivity index (χ1) is 10.1. The van der Waals surface area contributed by atoms with Crippen LogP contribution in [0.1, 0.15) is 38.3 Å². The third-order valence-electron chi connectivity index (χ3n) is 3.39. The summed E-state index contributed by atoms with van der Waals surface area (Å²) in [5.74, 6) is 0.701. The van der Waals surface area contributed by atoms with E-state index in [4.69, 9.17) is 0 Å². The Hall–Kier alpha value is -1.96. The number of aryl methyl sites for hydroxylation is 1. The highest BCUT2D eigenvalue weighted by atomic mass is 16.6. The molecule has 0 atom stereocenters. The lowest BCUT2D eigenvalue weighted by Gasteiger charge is -2.27. The van der Waals surface area contributed by atoms with Crippen molar-refractivity contribution < 1.29 is 4.92 Å². The molecule has 1 aromatic rings. The van der Waals surface area contributed by atoms with Crippen LogP contribution >= 0.6 is 0 Å². The largest absolute Gasteiger partial charge is 0.354 e. The van der Waals surface area contributed by atoms with Gasteiger partial charge in [0.1, 0.15) is 5.69 Å². The first kappa shape index (κ1) is 15.4. The molecule has 0 aromatic carbocycles. The van der Waals surface area contributed by atoms with Gasteiger partial charge in [-0.1, -0.05) is 13.3 Å². The Morgan fingerprint density at radius 1 is 1.29 bits per heavy atom. The van der Waals surface area contributed by atoms with Gasteiger partial charge in [0.2, 0.25) is 11.8 Å². The second-order valence-corrected chi connectivity index (χ2v) is 5.17. The predicted octanol–water partition coefficient (Wildman–Crippen LogP) is 2.33. The summed E-state index contributed by atoms with van der Waals surface area (Å²) in [5, 5.41) is 16.3. The average molecular weight is 294 g/mol. The number of anilines is 2. The van der Waals surface area contributed by atoms with Gasteiger partial charge in [-0.05, 0) is 26.2 Å². The van der Waals surface area contributed by atoms with E-state index < -0.39 is 4.92 Å². The molecule has 2 heterocycles. The van der Waals surface area contributed by atoms with E-state index in [1.807, 2.05) is 11.9 Å². The fraction of sp³-hybridized carbons (Fsp3) is 0.692. The third kappa shape index (κ3) is 4.01. The van der Waals surface area contributed by atoms with Crippen molar-refractivity contribution in [1.29, 1.82) is 0 Å². The Bertz CT molecular complexity index is 502. The zero-order valence-corrected chi connectivity index (χ0v) is 12.6. The van der Waals surface area contributed by atoms with Crippen LogP contribution in [0, 0.1) is 17.0 Å². The molecule has 0 radical (unpaired) electrons. The second kappa shape index (κ2) is 7.16. The van der Waals surface area contributed by atoms with Crippen LogP contribution in [-0.2, 0) is 0 Å². The molecule has 8 heteroatoms. The van der Waals surface area contributed by atoms with Gasteiger partial charge in [0.15, 0.2) is 0 Å². The summed E-state index contributed by atoms with van der Waals surface area (Å²) in [6.07, 6.45) is 4.32. The number of hydrogen-bond donors (Lipinski definition) is 2. The minimum atomic E-state index is -0.425. The molecule has 0 bridgehead atoms. The fourth-order valence-electron chi connectivity index (χ4n) is 2.33. The zero-order chi connectivity index (χ0) is 15.2. The van der Waals surface area contributed by atoms with E-state index in [9.17, 15) is 10.1 Å². The molecule has 21 heavy (non-hydrogen) atoms. The summed E-state index contributed by atoms with van der Waals surface area (Å²) < 4.78 is 0. The zero-order valence-electron chi connectivity index (χ0n) is 12.6. The number of nitro groups is 1. The normalized spacial score (nSPS) is 15.7. The summed E-state index contributed by atoms with van der Waals surface area (Å²) >= 11 is 0. The maximum absolute atomic E-state index is 11.3. The summed E-state index contributed by atoms with van der Waals surface area (Å²) in [4.78, 5) is 19.3. The molecule has 0 unspecified atom stereocenters. The number of nitrogens with one attached hydrogen (secondary N) is 2. The molecule has 1 aromatic heterocycles. The molecule has 116 valence electrons. The third-order valence-corrected chi connectivity index (χ3v) is 3.39. The van der Waals surface area contributed by atoms with E-state index >= 15 is 0 Å². The number of aromatic nitrogens is 2. The van der Waals surface area contributed by atoms with Crippen LogP contribution < -0.4 is 10.7 Å². The first-order valence-corrected chi connectivity index (χ1v) is 7.40. The van der Waals surface area contributed by atoms with Crippen LogP contribution in [0.15, 0.2) is 0 Å². The summed E-state index contributed by atoms with van der Waals surface area (Å²) in [6.45, 7) is 6.16. The van der Waals surface area contributed by atoms with Crippen molar-refractivity contribution in [2.24, 2.45) is 0 Å². The summed E-state index contributed by atoms with van der Waals surface area (Å²) in [6, 6.07) is 0. The quantitative estimate of drug-likeness (QED) is 0.614. The van der Waals surface area contributed by atoms with Gasteiger partial charge in [-0.2, -0.15) is 4.98 Å². The molecule has 1 aliphatic heterocycles. The Balaban J connectivity index is 2.25. The van der Waals surface area contributed by atoms with Crippen molar-refractivity contribution in [2.75, 3.05) is 30.4 Å². The number of rotatable bonds is 6.